The molecule has 0 aliphatic carbocycles. The number of rotatable bonds is 4. The number of carbonyl (C=O) groups excluding carboxylic acids is 1. The van der Waals surface area contributed by atoms with Gasteiger partial charge in [0, 0.05) is 36.9 Å². The minimum Gasteiger partial charge on any atom is -0.372 e. The number of nitrogens with zero attached hydrogens (tertiary/aromatic N) is 2. The van der Waals surface area contributed by atoms with E-state index in [2.05, 4.69) is 27.3 Å². The van der Waals surface area contributed by atoms with Crippen LogP contribution in [-0.2, 0) is 11.2 Å². The highest BCUT2D eigenvalue weighted by Crippen LogP contribution is 2.21. The van der Waals surface area contributed by atoms with Gasteiger partial charge in [0.15, 0.2) is 0 Å². The zero-order valence-electron chi connectivity index (χ0n) is 12.7. The van der Waals surface area contributed by atoms with Crippen molar-refractivity contribution in [2.75, 3.05) is 23.3 Å². The van der Waals surface area contributed by atoms with Crippen LogP contribution in [0.3, 0.4) is 0 Å². The standard InChI is InChI=1S/C18H21N3O/c22-18(13-15-5-4-10-19-14-15)20-16-6-8-17(9-7-16)21-11-2-1-3-12-21/h4-10,14H,1-3,11-13H2,(H,20,22). The summed E-state index contributed by atoms with van der Waals surface area (Å²) in [5, 5.41) is 2.94. The average Bonchev–Trinajstić information content (AvgIpc) is 2.57. The van der Waals surface area contributed by atoms with Crippen LogP contribution in [0.5, 0.6) is 0 Å². The molecule has 4 nitrogen and oxygen atoms in total. The van der Waals surface area contributed by atoms with Gasteiger partial charge in [0.25, 0.3) is 0 Å². The molecule has 1 aromatic carbocycles. The lowest BCUT2D eigenvalue weighted by Crippen LogP contribution is -2.29. The van der Waals surface area contributed by atoms with Gasteiger partial charge in [-0.1, -0.05) is 6.07 Å². The Kier molecular flexibility index (Phi) is 4.68. The van der Waals surface area contributed by atoms with Crippen molar-refractivity contribution in [1.29, 1.82) is 0 Å². The molecule has 1 aliphatic heterocycles. The molecular weight excluding hydrogens is 274 g/mol. The highest BCUT2D eigenvalue weighted by Gasteiger charge is 2.11. The number of benzene rings is 1. The number of nitrogens with one attached hydrogen (secondary N) is 1. The van der Waals surface area contributed by atoms with Gasteiger partial charge in [-0.15, -0.1) is 0 Å². The molecule has 0 saturated carbocycles. The normalized spacial score (nSPS) is 14.6. The molecule has 1 aliphatic rings. The Morgan fingerprint density at radius 3 is 2.55 bits per heavy atom. The van der Waals surface area contributed by atoms with E-state index in [9.17, 15) is 4.79 Å². The number of hydrogen-bond acceptors (Lipinski definition) is 3. The smallest absolute Gasteiger partial charge is 0.228 e. The van der Waals surface area contributed by atoms with Gasteiger partial charge >= 0.3 is 0 Å². The van der Waals surface area contributed by atoms with E-state index in [1.54, 1.807) is 12.4 Å². The van der Waals surface area contributed by atoms with Crippen molar-refractivity contribution in [3.63, 3.8) is 0 Å². The first-order valence-corrected chi connectivity index (χ1v) is 7.85. The number of carbonyl (C=O) groups is 1. The maximum Gasteiger partial charge on any atom is 0.228 e. The van der Waals surface area contributed by atoms with Crippen LogP contribution in [0.4, 0.5) is 11.4 Å². The fraction of sp³-hybridized carbons (Fsp3) is 0.333. The first kappa shape index (κ1) is 14.6. The van der Waals surface area contributed by atoms with Crippen LogP contribution >= 0.6 is 0 Å². The van der Waals surface area contributed by atoms with Gasteiger partial charge in [-0.2, -0.15) is 0 Å². The molecule has 0 bridgehead atoms. The number of pyridine rings is 1. The predicted octanol–water partition coefficient (Wildman–Crippen LogP) is 3.25. The van der Waals surface area contributed by atoms with Gasteiger partial charge in [0.2, 0.25) is 5.91 Å². The molecule has 3 rings (SSSR count). The zero-order valence-corrected chi connectivity index (χ0v) is 12.7. The van der Waals surface area contributed by atoms with Crippen molar-refractivity contribution in [2.24, 2.45) is 0 Å². The van der Waals surface area contributed by atoms with Crippen molar-refractivity contribution in [3.8, 4) is 0 Å². The van der Waals surface area contributed by atoms with E-state index in [1.165, 1.54) is 24.9 Å². The highest BCUT2D eigenvalue weighted by atomic mass is 16.1. The minimum atomic E-state index is -0.0151. The van der Waals surface area contributed by atoms with E-state index in [0.29, 0.717) is 6.42 Å². The summed E-state index contributed by atoms with van der Waals surface area (Å²) in [7, 11) is 0. The summed E-state index contributed by atoms with van der Waals surface area (Å²) in [4.78, 5) is 18.4. The van der Waals surface area contributed by atoms with Gasteiger partial charge in [-0.25, -0.2) is 0 Å². The minimum absolute atomic E-state index is 0.0151. The Labute approximate surface area is 131 Å². The number of piperidine rings is 1. The van der Waals surface area contributed by atoms with Crippen LogP contribution in [0, 0.1) is 0 Å². The van der Waals surface area contributed by atoms with Crippen LogP contribution in [-0.4, -0.2) is 24.0 Å². The Bertz CT molecular complexity index is 604. The van der Waals surface area contributed by atoms with Crippen molar-refractivity contribution in [3.05, 3.63) is 54.4 Å². The molecule has 1 amide bonds. The topological polar surface area (TPSA) is 45.2 Å². The third-order valence-electron chi connectivity index (χ3n) is 3.96. The molecule has 22 heavy (non-hydrogen) atoms. The second-order valence-electron chi connectivity index (χ2n) is 5.68. The monoisotopic (exact) mass is 295 g/mol. The molecule has 0 unspecified atom stereocenters. The van der Waals surface area contributed by atoms with Crippen molar-refractivity contribution >= 4 is 17.3 Å². The van der Waals surface area contributed by atoms with Crippen LogP contribution in [0.25, 0.3) is 0 Å². The Hall–Kier alpha value is -2.36. The fourth-order valence-corrected chi connectivity index (χ4v) is 2.80. The first-order valence-electron chi connectivity index (χ1n) is 7.85. The third-order valence-corrected chi connectivity index (χ3v) is 3.96. The maximum atomic E-state index is 12.0. The second kappa shape index (κ2) is 7.07. The molecule has 0 radical (unpaired) electrons. The predicted molar refractivity (Wildman–Crippen MR) is 89.1 cm³/mol. The summed E-state index contributed by atoms with van der Waals surface area (Å²) in [6, 6.07) is 11.9. The summed E-state index contributed by atoms with van der Waals surface area (Å²) in [6.07, 6.45) is 7.65. The Balaban J connectivity index is 1.57. The lowest BCUT2D eigenvalue weighted by Gasteiger charge is -2.28. The molecule has 1 aromatic heterocycles. The Morgan fingerprint density at radius 2 is 1.86 bits per heavy atom. The summed E-state index contributed by atoms with van der Waals surface area (Å²) in [5.74, 6) is -0.0151. The zero-order chi connectivity index (χ0) is 15.2. The van der Waals surface area contributed by atoms with Gasteiger partial charge in [0.1, 0.15) is 0 Å². The summed E-state index contributed by atoms with van der Waals surface area (Å²) in [6.45, 7) is 2.26. The number of aromatic nitrogens is 1. The molecule has 114 valence electrons. The van der Waals surface area contributed by atoms with Gasteiger partial charge < -0.3 is 10.2 Å². The van der Waals surface area contributed by atoms with Gasteiger partial charge in [-0.3, -0.25) is 9.78 Å². The van der Waals surface area contributed by atoms with Gasteiger partial charge in [0.05, 0.1) is 6.42 Å². The van der Waals surface area contributed by atoms with Crippen LogP contribution < -0.4 is 10.2 Å². The molecule has 1 fully saturated rings. The number of amides is 1. The maximum absolute atomic E-state index is 12.0. The van der Waals surface area contributed by atoms with Crippen molar-refractivity contribution in [1.82, 2.24) is 4.98 Å². The van der Waals surface area contributed by atoms with E-state index in [0.717, 1.165) is 24.3 Å². The van der Waals surface area contributed by atoms with Crippen molar-refractivity contribution < 1.29 is 4.79 Å². The van der Waals surface area contributed by atoms with E-state index in [1.807, 2.05) is 24.3 Å². The van der Waals surface area contributed by atoms with Crippen LogP contribution in [0.1, 0.15) is 24.8 Å². The number of anilines is 2. The van der Waals surface area contributed by atoms with Gasteiger partial charge in [-0.05, 0) is 55.2 Å². The lowest BCUT2D eigenvalue weighted by molar-refractivity contribution is -0.115. The summed E-state index contributed by atoms with van der Waals surface area (Å²) < 4.78 is 0. The molecule has 4 heteroatoms. The molecular formula is C18H21N3O. The van der Waals surface area contributed by atoms with E-state index < -0.39 is 0 Å². The molecule has 0 spiro atoms. The first-order chi connectivity index (χ1) is 10.8. The molecule has 2 heterocycles. The lowest BCUT2D eigenvalue weighted by atomic mass is 10.1. The average molecular weight is 295 g/mol. The SMILES string of the molecule is O=C(Cc1cccnc1)Nc1ccc(N2CCCCC2)cc1. The third kappa shape index (κ3) is 3.85. The van der Waals surface area contributed by atoms with Crippen molar-refractivity contribution in [2.45, 2.75) is 25.7 Å². The summed E-state index contributed by atoms with van der Waals surface area (Å²) in [5.41, 5.74) is 3.00. The van der Waals surface area contributed by atoms with E-state index in [4.69, 9.17) is 0 Å². The molecule has 1 N–H and O–H groups in total. The molecule has 1 saturated heterocycles. The Morgan fingerprint density at radius 1 is 1.09 bits per heavy atom. The largest absolute Gasteiger partial charge is 0.372 e. The molecule has 0 atom stereocenters. The number of hydrogen-bond donors (Lipinski definition) is 1. The molecule has 2 aromatic rings. The van der Waals surface area contributed by atoms with E-state index >= 15 is 0 Å². The second-order valence-corrected chi connectivity index (χ2v) is 5.68. The van der Waals surface area contributed by atoms with Crippen LogP contribution in [0.2, 0.25) is 0 Å². The van der Waals surface area contributed by atoms with Crippen LogP contribution in [0.15, 0.2) is 48.8 Å². The van der Waals surface area contributed by atoms with E-state index in [-0.39, 0.29) is 5.91 Å². The summed E-state index contributed by atoms with van der Waals surface area (Å²) >= 11 is 0. The fourth-order valence-electron chi connectivity index (χ4n) is 2.80. The quantitative estimate of drug-likeness (QED) is 0.941. The highest BCUT2D eigenvalue weighted by molar-refractivity contribution is 5.92.